The minimum absolute atomic E-state index is 0. The summed E-state index contributed by atoms with van der Waals surface area (Å²) in [5.74, 6) is -0.587. The van der Waals surface area contributed by atoms with Crippen molar-refractivity contribution < 1.29 is 65.1 Å². The monoisotopic (exact) mass is 686 g/mol. The second-order valence-electron chi connectivity index (χ2n) is 6.45. The van der Waals surface area contributed by atoms with E-state index in [2.05, 4.69) is 0 Å². The number of esters is 1. The van der Waals surface area contributed by atoms with Gasteiger partial charge in [0.05, 0.1) is 18.8 Å². The van der Waals surface area contributed by atoms with Gasteiger partial charge in [0.15, 0.2) is 5.78 Å². The molecule has 0 unspecified atom stereocenters. The van der Waals surface area contributed by atoms with Crippen LogP contribution < -0.4 is 0 Å². The summed E-state index contributed by atoms with van der Waals surface area (Å²) in [6.45, 7) is 11.1. The Morgan fingerprint density at radius 1 is 0.818 bits per heavy atom. The van der Waals surface area contributed by atoms with E-state index in [1.54, 1.807) is 24.3 Å². The van der Waals surface area contributed by atoms with E-state index in [0.29, 0.717) is 11.1 Å². The molecule has 2 aromatic carbocycles. The molecule has 33 heavy (non-hydrogen) atoms. The first-order chi connectivity index (χ1) is 15.0. The molecule has 1 saturated heterocycles. The molecule has 0 radical (unpaired) electrons. The molecule has 0 amide bonds. The maximum atomic E-state index is 12.1. The number of carbonyl (C=O) groups excluding carboxylic acids is 2. The molecule has 0 aromatic heterocycles. The average Bonchev–Trinajstić information content (AvgIpc) is 2.82. The Balaban J connectivity index is 0. The van der Waals surface area contributed by atoms with Crippen molar-refractivity contribution in [3.8, 4) is 0 Å². The van der Waals surface area contributed by atoms with Crippen LogP contribution in [0, 0.1) is 45.0 Å². The Bertz CT molecular complexity index is 783. The van der Waals surface area contributed by atoms with Gasteiger partial charge in [-0.3, -0.25) is 4.79 Å². The molecule has 1 aliphatic heterocycles. The van der Waals surface area contributed by atoms with E-state index < -0.39 is 18.5 Å². The predicted octanol–water partition coefficient (Wildman–Crippen LogP) is 4.29. The Labute approximate surface area is 220 Å². The fourth-order valence-corrected chi connectivity index (χ4v) is 2.51. The van der Waals surface area contributed by atoms with Gasteiger partial charge in [-0.1, -0.05) is 75.2 Å². The second kappa shape index (κ2) is 18.8. The average molecular weight is 687 g/mol. The minimum atomic E-state index is -0.950. The number of ether oxygens (including phenoxy) is 4. The number of hydrogen-bond acceptors (Lipinski definition) is 6. The van der Waals surface area contributed by atoms with E-state index in [1.165, 1.54) is 0 Å². The standard InChI is InChI=1S/C21H22O6.2C2H6.H2O.U/c1-14-3-7-16(8-4-14)19(22)13-26-21-24-11-18(12-25-21)27-20(23)17-9-5-15(2)6-10-17;2*1-2;;/h3-10,18,21H,11-13H2,1-2H3;2*1-2H3;1H2;. The summed E-state index contributed by atoms with van der Waals surface area (Å²) in [4.78, 5) is 24.2. The van der Waals surface area contributed by atoms with Gasteiger partial charge >= 0.3 is 5.97 Å². The summed E-state index contributed by atoms with van der Waals surface area (Å²) < 4.78 is 21.5. The number of Topliss-reactive ketones (excluding diaryl/α,β-unsaturated/α-hetero) is 1. The number of aryl methyl sites for hydroxylation is 2. The maximum absolute atomic E-state index is 12.1. The fourth-order valence-electron chi connectivity index (χ4n) is 2.51. The third-order valence-corrected chi connectivity index (χ3v) is 4.12. The van der Waals surface area contributed by atoms with Crippen molar-refractivity contribution >= 4 is 11.8 Å². The number of benzene rings is 2. The molecule has 0 bridgehead atoms. The molecule has 7 nitrogen and oxygen atoms in total. The number of ketones is 1. The van der Waals surface area contributed by atoms with Crippen molar-refractivity contribution in [2.45, 2.75) is 54.1 Å². The first-order valence-electron chi connectivity index (χ1n) is 10.7. The van der Waals surface area contributed by atoms with E-state index in [0.717, 1.165) is 11.1 Å². The van der Waals surface area contributed by atoms with Crippen LogP contribution >= 0.6 is 0 Å². The second-order valence-corrected chi connectivity index (χ2v) is 6.45. The van der Waals surface area contributed by atoms with Crippen molar-refractivity contribution in [2.75, 3.05) is 19.8 Å². The zero-order valence-corrected chi connectivity index (χ0v) is 24.5. The Hall–Kier alpha value is -1.53. The molecular formula is C25H36O7U. The summed E-state index contributed by atoms with van der Waals surface area (Å²) in [5.41, 5.74) is 3.19. The van der Waals surface area contributed by atoms with Gasteiger partial charge < -0.3 is 24.4 Å². The van der Waals surface area contributed by atoms with Crippen LogP contribution in [-0.4, -0.2) is 49.6 Å². The molecule has 3 rings (SSSR count). The minimum Gasteiger partial charge on any atom is -0.454 e. The molecular weight excluding hydrogens is 650 g/mol. The van der Waals surface area contributed by atoms with Crippen LogP contribution in [0.15, 0.2) is 48.5 Å². The number of rotatable bonds is 6. The summed E-state index contributed by atoms with van der Waals surface area (Å²) in [5, 5.41) is 0. The van der Waals surface area contributed by atoms with Gasteiger partial charge in [-0.15, -0.1) is 0 Å². The summed E-state index contributed by atoms with van der Waals surface area (Å²) in [7, 11) is 0. The number of carbonyl (C=O) groups is 2. The molecule has 0 spiro atoms. The first kappa shape index (κ1) is 33.6. The smallest absolute Gasteiger partial charge is 0.338 e. The first-order valence-corrected chi connectivity index (χ1v) is 10.7. The third kappa shape index (κ3) is 11.9. The third-order valence-electron chi connectivity index (χ3n) is 4.12. The van der Waals surface area contributed by atoms with Gasteiger partial charge in [0, 0.05) is 36.7 Å². The molecule has 182 valence electrons. The normalized spacial score (nSPS) is 16.3. The zero-order chi connectivity index (χ0) is 23.2. The molecule has 1 fully saturated rings. The van der Waals surface area contributed by atoms with Gasteiger partial charge in [0.1, 0.15) is 12.7 Å². The van der Waals surface area contributed by atoms with Gasteiger partial charge in [0.25, 0.3) is 6.48 Å². The van der Waals surface area contributed by atoms with E-state index in [4.69, 9.17) is 18.9 Å². The molecule has 1 aliphatic rings. The van der Waals surface area contributed by atoms with Gasteiger partial charge in [-0.2, -0.15) is 0 Å². The topological polar surface area (TPSA) is 103 Å². The van der Waals surface area contributed by atoms with Gasteiger partial charge in [0.2, 0.25) is 0 Å². The SMILES string of the molecule is CC.CC.Cc1ccc(C(=O)COC2OCC(OC(=O)c3ccc(C)cc3)CO2)cc1.O.[U]. The van der Waals surface area contributed by atoms with Crippen molar-refractivity contribution in [1.82, 2.24) is 0 Å². The van der Waals surface area contributed by atoms with E-state index in [9.17, 15) is 9.59 Å². The van der Waals surface area contributed by atoms with Crippen LogP contribution in [0.2, 0.25) is 0 Å². The maximum Gasteiger partial charge on any atom is 0.338 e. The largest absolute Gasteiger partial charge is 0.454 e. The van der Waals surface area contributed by atoms with E-state index in [1.807, 2.05) is 65.8 Å². The molecule has 0 saturated carbocycles. The molecule has 2 N–H and O–H groups in total. The summed E-state index contributed by atoms with van der Waals surface area (Å²) in [6.07, 6.45) is -0.522. The van der Waals surface area contributed by atoms with Crippen molar-refractivity contribution in [3.63, 3.8) is 0 Å². The Morgan fingerprint density at radius 2 is 1.24 bits per heavy atom. The van der Waals surface area contributed by atoms with Crippen LogP contribution in [-0.2, 0) is 18.9 Å². The van der Waals surface area contributed by atoms with Crippen LogP contribution in [0.3, 0.4) is 0 Å². The van der Waals surface area contributed by atoms with Gasteiger partial charge in [-0.25, -0.2) is 4.79 Å². The van der Waals surface area contributed by atoms with Crippen LogP contribution in [0.25, 0.3) is 0 Å². The Kier molecular flexibility index (Phi) is 19.2. The fraction of sp³-hybridized carbons (Fsp3) is 0.440. The molecule has 8 heteroatoms. The van der Waals surface area contributed by atoms with E-state index in [-0.39, 0.29) is 62.2 Å². The molecule has 0 aliphatic carbocycles. The molecule has 1 heterocycles. The summed E-state index contributed by atoms with van der Waals surface area (Å²) in [6, 6.07) is 14.4. The Morgan fingerprint density at radius 3 is 1.70 bits per heavy atom. The van der Waals surface area contributed by atoms with Crippen molar-refractivity contribution in [1.29, 1.82) is 0 Å². The predicted molar refractivity (Wildman–Crippen MR) is 124 cm³/mol. The molecule has 2 aromatic rings. The van der Waals surface area contributed by atoms with Crippen molar-refractivity contribution in [2.24, 2.45) is 0 Å². The van der Waals surface area contributed by atoms with E-state index >= 15 is 0 Å². The number of hydrogen-bond donors (Lipinski definition) is 0. The summed E-state index contributed by atoms with van der Waals surface area (Å²) >= 11 is 0. The molecule has 0 atom stereocenters. The quantitative estimate of drug-likeness (QED) is 0.332. The van der Waals surface area contributed by atoms with Crippen LogP contribution in [0.4, 0.5) is 0 Å². The van der Waals surface area contributed by atoms with Gasteiger partial charge in [-0.05, 0) is 26.0 Å². The van der Waals surface area contributed by atoms with Crippen LogP contribution in [0.1, 0.15) is 59.5 Å². The zero-order valence-electron chi connectivity index (χ0n) is 20.3. The van der Waals surface area contributed by atoms with Crippen LogP contribution in [0.5, 0.6) is 0 Å². The van der Waals surface area contributed by atoms with Crippen molar-refractivity contribution in [3.05, 3.63) is 70.8 Å².